The van der Waals surface area contributed by atoms with Crippen LogP contribution in [0, 0.1) is 11.7 Å². The number of piperidine rings is 1. The normalized spacial score (nSPS) is 16.7. The van der Waals surface area contributed by atoms with Gasteiger partial charge in [-0.25, -0.2) is 18.8 Å². The zero-order valence-corrected chi connectivity index (χ0v) is 27.6. The molecule has 0 spiro atoms. The Bertz CT molecular complexity index is 1280. The third-order valence-electron chi connectivity index (χ3n) is 8.46. The molecule has 2 aromatic rings. The molecule has 2 aliphatic heterocycles. The lowest BCUT2D eigenvalue weighted by Crippen LogP contribution is -2.49. The van der Waals surface area contributed by atoms with Crippen molar-refractivity contribution in [3.8, 4) is 5.75 Å². The Hall–Kier alpha value is -4.19. The van der Waals surface area contributed by atoms with Crippen LogP contribution in [0.5, 0.6) is 5.75 Å². The maximum absolute atomic E-state index is 13.6. The fourth-order valence-electron chi connectivity index (χ4n) is 5.80. The molecule has 1 atom stereocenters. The Morgan fingerprint density at radius 1 is 0.979 bits per heavy atom. The zero-order chi connectivity index (χ0) is 34.3. The second kappa shape index (κ2) is 18.8. The standard InChI is InChI=1S/C33H46FN3O4.C2H2O4/c1-4-22-40-30-12-8-27(9-13-30)23-32(38)36(21-14-26-6-10-28(34)11-7-26)29-15-19-35(20-16-29)17-5-18-37-31(25(2)3)24-41-33(37)39;3-1(4)2(5)6/h6-13,25,29,31H,4-5,14-24H2,1-3H3;(H,3,4)(H,5,6)/t31-;/m1./s1. The lowest BCUT2D eigenvalue weighted by atomic mass is 10.00. The van der Waals surface area contributed by atoms with E-state index in [1.165, 1.54) is 12.1 Å². The van der Waals surface area contributed by atoms with Gasteiger partial charge in [0.05, 0.1) is 19.1 Å². The molecule has 2 aliphatic rings. The van der Waals surface area contributed by atoms with Crippen LogP contribution in [-0.4, -0.2) is 107 Å². The number of carboxylic acids is 2. The molecule has 0 radical (unpaired) electrons. The molecule has 4 rings (SSSR count). The van der Waals surface area contributed by atoms with Gasteiger partial charge in [0.1, 0.15) is 18.2 Å². The number of carboxylic acid groups (broad SMARTS) is 2. The van der Waals surface area contributed by atoms with Crippen molar-refractivity contribution >= 4 is 23.9 Å². The monoisotopic (exact) mass is 657 g/mol. The minimum absolute atomic E-state index is 0.125. The highest BCUT2D eigenvalue weighted by Crippen LogP contribution is 2.22. The summed E-state index contributed by atoms with van der Waals surface area (Å²) in [6, 6.07) is 14.7. The Kier molecular flexibility index (Phi) is 14.9. The SMILES string of the molecule is CCCOc1ccc(CC(=O)N(CCc2ccc(F)cc2)C2CCN(CCCN3C(=O)OC[C@@H]3C(C)C)CC2)cc1.O=C(O)C(=O)O. The first-order valence-corrected chi connectivity index (χ1v) is 16.4. The molecule has 2 amide bonds. The summed E-state index contributed by atoms with van der Waals surface area (Å²) in [5, 5.41) is 14.8. The van der Waals surface area contributed by atoms with Gasteiger partial charge in [0.25, 0.3) is 0 Å². The number of likely N-dealkylation sites (tertiary alicyclic amines) is 1. The van der Waals surface area contributed by atoms with Gasteiger partial charge in [-0.3, -0.25) is 4.79 Å². The topological polar surface area (TPSA) is 137 Å². The van der Waals surface area contributed by atoms with Crippen molar-refractivity contribution in [2.75, 3.05) is 45.9 Å². The molecule has 0 bridgehead atoms. The minimum atomic E-state index is -1.82. The number of cyclic esters (lactones) is 1. The van der Waals surface area contributed by atoms with Gasteiger partial charge in [0, 0.05) is 32.2 Å². The highest BCUT2D eigenvalue weighted by molar-refractivity contribution is 6.27. The van der Waals surface area contributed by atoms with Crippen molar-refractivity contribution in [3.05, 3.63) is 65.5 Å². The number of benzene rings is 2. The zero-order valence-electron chi connectivity index (χ0n) is 27.6. The number of rotatable bonds is 14. The second-order valence-electron chi connectivity index (χ2n) is 12.3. The lowest BCUT2D eigenvalue weighted by Gasteiger charge is -2.39. The van der Waals surface area contributed by atoms with Crippen LogP contribution in [0.15, 0.2) is 48.5 Å². The number of hydrogen-bond acceptors (Lipinski definition) is 7. The van der Waals surface area contributed by atoms with Crippen LogP contribution >= 0.6 is 0 Å². The molecule has 2 fully saturated rings. The maximum Gasteiger partial charge on any atom is 0.414 e. The van der Waals surface area contributed by atoms with E-state index in [1.54, 1.807) is 12.1 Å². The van der Waals surface area contributed by atoms with Crippen LogP contribution in [-0.2, 0) is 32.0 Å². The van der Waals surface area contributed by atoms with Gasteiger partial charge in [0.15, 0.2) is 0 Å². The second-order valence-corrected chi connectivity index (χ2v) is 12.3. The van der Waals surface area contributed by atoms with E-state index >= 15 is 0 Å². The molecule has 2 aromatic carbocycles. The smallest absolute Gasteiger partial charge is 0.414 e. The highest BCUT2D eigenvalue weighted by Gasteiger charge is 2.34. The summed E-state index contributed by atoms with van der Waals surface area (Å²) >= 11 is 0. The van der Waals surface area contributed by atoms with Crippen molar-refractivity contribution in [1.82, 2.24) is 14.7 Å². The van der Waals surface area contributed by atoms with Gasteiger partial charge in [-0.1, -0.05) is 45.0 Å². The third kappa shape index (κ3) is 12.2. The van der Waals surface area contributed by atoms with Crippen LogP contribution in [0.2, 0.25) is 0 Å². The molecule has 2 saturated heterocycles. The average Bonchev–Trinajstić information content (AvgIpc) is 3.42. The molecule has 11 nitrogen and oxygen atoms in total. The van der Waals surface area contributed by atoms with E-state index in [0.717, 1.165) is 62.2 Å². The van der Waals surface area contributed by atoms with Crippen molar-refractivity contribution < 1.29 is 43.3 Å². The molecular formula is C35H48FN3O8. The molecule has 258 valence electrons. The number of amides is 2. The molecule has 0 aliphatic carbocycles. The maximum atomic E-state index is 13.6. The van der Waals surface area contributed by atoms with E-state index in [1.807, 2.05) is 29.2 Å². The van der Waals surface area contributed by atoms with E-state index in [-0.39, 0.29) is 29.9 Å². The van der Waals surface area contributed by atoms with Gasteiger partial charge >= 0.3 is 18.0 Å². The van der Waals surface area contributed by atoms with Crippen LogP contribution in [0.1, 0.15) is 57.6 Å². The third-order valence-corrected chi connectivity index (χ3v) is 8.46. The van der Waals surface area contributed by atoms with Crippen molar-refractivity contribution in [1.29, 1.82) is 0 Å². The number of aliphatic carboxylic acids is 2. The van der Waals surface area contributed by atoms with E-state index in [2.05, 4.69) is 30.6 Å². The Labute approximate surface area is 276 Å². The quantitative estimate of drug-likeness (QED) is 0.277. The molecule has 2 N–H and O–H groups in total. The van der Waals surface area contributed by atoms with Crippen LogP contribution in [0.25, 0.3) is 0 Å². The number of nitrogens with zero attached hydrogens (tertiary/aromatic N) is 3. The summed E-state index contributed by atoms with van der Waals surface area (Å²) in [6.45, 7) is 11.6. The first-order valence-electron chi connectivity index (χ1n) is 16.4. The minimum Gasteiger partial charge on any atom is -0.494 e. The highest BCUT2D eigenvalue weighted by atomic mass is 19.1. The lowest BCUT2D eigenvalue weighted by molar-refractivity contribution is -0.159. The van der Waals surface area contributed by atoms with Crippen LogP contribution < -0.4 is 4.74 Å². The van der Waals surface area contributed by atoms with Crippen molar-refractivity contribution in [2.24, 2.45) is 5.92 Å². The molecule has 2 heterocycles. The van der Waals surface area contributed by atoms with Gasteiger partial charge < -0.3 is 34.4 Å². The molecule has 0 unspecified atom stereocenters. The first kappa shape index (κ1) is 37.3. The molecule has 47 heavy (non-hydrogen) atoms. The number of carbonyl (C=O) groups is 4. The summed E-state index contributed by atoms with van der Waals surface area (Å²) in [5.74, 6) is -2.57. The van der Waals surface area contributed by atoms with Gasteiger partial charge in [-0.2, -0.15) is 0 Å². The van der Waals surface area contributed by atoms with Gasteiger partial charge in [-0.05, 0) is 80.0 Å². The van der Waals surface area contributed by atoms with E-state index in [4.69, 9.17) is 29.3 Å². The summed E-state index contributed by atoms with van der Waals surface area (Å²) in [7, 11) is 0. The molecule has 0 aromatic heterocycles. The van der Waals surface area contributed by atoms with Crippen LogP contribution in [0.3, 0.4) is 0 Å². The van der Waals surface area contributed by atoms with Crippen LogP contribution in [0.4, 0.5) is 9.18 Å². The Balaban J connectivity index is 0.000000913. The number of carbonyl (C=O) groups excluding carboxylic acids is 2. The molecule has 0 saturated carbocycles. The largest absolute Gasteiger partial charge is 0.494 e. The van der Waals surface area contributed by atoms with Gasteiger partial charge in [-0.15, -0.1) is 0 Å². The van der Waals surface area contributed by atoms with E-state index in [0.29, 0.717) is 45.1 Å². The Morgan fingerprint density at radius 2 is 1.60 bits per heavy atom. The fraction of sp³-hybridized carbons (Fsp3) is 0.543. The van der Waals surface area contributed by atoms with E-state index in [9.17, 15) is 14.0 Å². The first-order chi connectivity index (χ1) is 22.5. The number of hydrogen-bond donors (Lipinski definition) is 2. The number of ether oxygens (including phenoxy) is 2. The predicted molar refractivity (Wildman–Crippen MR) is 174 cm³/mol. The Morgan fingerprint density at radius 3 is 2.17 bits per heavy atom. The van der Waals surface area contributed by atoms with Crippen molar-refractivity contribution in [2.45, 2.75) is 71.4 Å². The molecule has 12 heteroatoms. The summed E-state index contributed by atoms with van der Waals surface area (Å²) in [6.07, 6.45) is 4.54. The average molecular weight is 658 g/mol. The summed E-state index contributed by atoms with van der Waals surface area (Å²) in [5.41, 5.74) is 2.00. The fourth-order valence-corrected chi connectivity index (χ4v) is 5.80. The van der Waals surface area contributed by atoms with Gasteiger partial charge in [0.2, 0.25) is 5.91 Å². The predicted octanol–water partition coefficient (Wildman–Crippen LogP) is 4.72. The summed E-state index contributed by atoms with van der Waals surface area (Å²) in [4.78, 5) is 50.4. The summed E-state index contributed by atoms with van der Waals surface area (Å²) < 4.78 is 24.4. The van der Waals surface area contributed by atoms with Crippen molar-refractivity contribution in [3.63, 3.8) is 0 Å². The van der Waals surface area contributed by atoms with E-state index < -0.39 is 11.9 Å². The molecular weight excluding hydrogens is 609 g/mol. The number of halogens is 1.